The monoisotopic (exact) mass is 298 g/mol. The second kappa shape index (κ2) is 4.71. The second-order valence-corrected chi connectivity index (χ2v) is 4.34. The second-order valence-electron chi connectivity index (χ2n) is 3.49. The molecule has 0 spiro atoms. The molecule has 0 aliphatic rings. The van der Waals surface area contributed by atoms with Gasteiger partial charge in [-0.1, -0.05) is 0 Å². The Morgan fingerprint density at radius 3 is 2.47 bits per heavy atom. The molecule has 0 radical (unpaired) electrons. The normalized spacial score (nSPS) is 10.3. The third kappa shape index (κ3) is 2.74. The van der Waals surface area contributed by atoms with Crippen LogP contribution in [-0.2, 0) is 0 Å². The van der Waals surface area contributed by atoms with Gasteiger partial charge in [0.1, 0.15) is 11.6 Å². The molecule has 0 saturated heterocycles. The van der Waals surface area contributed by atoms with E-state index in [9.17, 15) is 8.78 Å². The minimum Gasteiger partial charge on any atom is -0.397 e. The lowest BCUT2D eigenvalue weighted by molar-refractivity contribution is 0.621. The van der Waals surface area contributed by atoms with Gasteiger partial charge in [-0.3, -0.25) is 0 Å². The van der Waals surface area contributed by atoms with Crippen LogP contribution in [0.4, 0.5) is 25.8 Å². The lowest BCUT2D eigenvalue weighted by Gasteiger charge is -2.09. The Morgan fingerprint density at radius 1 is 1.06 bits per heavy atom. The molecular formula is C12H9BrF2N2. The Labute approximate surface area is 106 Å². The maximum absolute atomic E-state index is 13.0. The average molecular weight is 299 g/mol. The zero-order valence-electron chi connectivity index (χ0n) is 8.68. The van der Waals surface area contributed by atoms with Crippen LogP contribution in [0, 0.1) is 11.6 Å². The van der Waals surface area contributed by atoms with E-state index in [1.54, 1.807) is 12.1 Å². The predicted octanol–water partition coefficient (Wildman–Crippen LogP) is 4.05. The molecule has 3 N–H and O–H groups in total. The zero-order valence-corrected chi connectivity index (χ0v) is 10.3. The van der Waals surface area contributed by atoms with Crippen molar-refractivity contribution >= 4 is 33.0 Å². The van der Waals surface area contributed by atoms with E-state index >= 15 is 0 Å². The minimum absolute atomic E-state index is 0.297. The van der Waals surface area contributed by atoms with Gasteiger partial charge in [-0.15, -0.1) is 0 Å². The van der Waals surface area contributed by atoms with Gasteiger partial charge in [-0.25, -0.2) is 8.78 Å². The molecule has 0 fully saturated rings. The summed E-state index contributed by atoms with van der Waals surface area (Å²) in [6, 6.07) is 8.53. The number of nitrogens with two attached hydrogens (primary N) is 1. The van der Waals surface area contributed by atoms with Crippen molar-refractivity contribution in [3.63, 3.8) is 0 Å². The number of hydrogen-bond acceptors (Lipinski definition) is 2. The van der Waals surface area contributed by atoms with Crippen molar-refractivity contribution in [3.05, 3.63) is 52.5 Å². The molecule has 0 saturated carbocycles. The van der Waals surface area contributed by atoms with E-state index in [1.165, 1.54) is 24.3 Å². The van der Waals surface area contributed by atoms with E-state index in [0.29, 0.717) is 21.5 Å². The highest BCUT2D eigenvalue weighted by Crippen LogP contribution is 2.26. The van der Waals surface area contributed by atoms with Crippen LogP contribution in [0.3, 0.4) is 0 Å². The van der Waals surface area contributed by atoms with Crippen LogP contribution in [0.5, 0.6) is 0 Å². The maximum Gasteiger partial charge on any atom is 0.137 e. The fourth-order valence-electron chi connectivity index (χ4n) is 1.38. The summed E-state index contributed by atoms with van der Waals surface area (Å²) in [7, 11) is 0. The van der Waals surface area contributed by atoms with E-state index in [4.69, 9.17) is 5.73 Å². The molecule has 2 aromatic carbocycles. The molecule has 0 aliphatic carbocycles. The van der Waals surface area contributed by atoms with E-state index < -0.39 is 5.82 Å². The number of halogens is 3. The van der Waals surface area contributed by atoms with Crippen molar-refractivity contribution in [1.82, 2.24) is 0 Å². The van der Waals surface area contributed by atoms with Crippen molar-refractivity contribution in [2.45, 2.75) is 0 Å². The van der Waals surface area contributed by atoms with Crippen molar-refractivity contribution < 1.29 is 8.78 Å². The lowest BCUT2D eigenvalue weighted by Crippen LogP contribution is -1.97. The molecular weight excluding hydrogens is 290 g/mol. The first-order chi connectivity index (χ1) is 8.06. The van der Waals surface area contributed by atoms with Gasteiger partial charge in [-0.2, -0.15) is 0 Å². The quantitative estimate of drug-likeness (QED) is 0.821. The highest BCUT2D eigenvalue weighted by Gasteiger charge is 2.03. The molecule has 17 heavy (non-hydrogen) atoms. The molecule has 2 aromatic rings. The van der Waals surface area contributed by atoms with E-state index in [-0.39, 0.29) is 5.82 Å². The number of benzene rings is 2. The summed E-state index contributed by atoms with van der Waals surface area (Å²) in [6.07, 6.45) is 0. The van der Waals surface area contributed by atoms with Crippen LogP contribution in [0.15, 0.2) is 40.9 Å². The summed E-state index contributed by atoms with van der Waals surface area (Å²) in [4.78, 5) is 0. The molecule has 5 heteroatoms. The van der Waals surface area contributed by atoms with Gasteiger partial charge >= 0.3 is 0 Å². The van der Waals surface area contributed by atoms with Crippen molar-refractivity contribution in [2.75, 3.05) is 11.1 Å². The smallest absolute Gasteiger partial charge is 0.137 e. The molecule has 2 nitrogen and oxygen atoms in total. The molecule has 0 bridgehead atoms. The Balaban J connectivity index is 2.28. The van der Waals surface area contributed by atoms with Crippen molar-refractivity contribution in [2.24, 2.45) is 0 Å². The van der Waals surface area contributed by atoms with Crippen LogP contribution in [0.1, 0.15) is 0 Å². The van der Waals surface area contributed by atoms with Crippen LogP contribution in [0.25, 0.3) is 0 Å². The summed E-state index contributed by atoms with van der Waals surface area (Å²) >= 11 is 3.08. The molecule has 0 heterocycles. The van der Waals surface area contributed by atoms with E-state index in [2.05, 4.69) is 21.2 Å². The number of anilines is 3. The molecule has 0 aromatic heterocycles. The summed E-state index contributed by atoms with van der Waals surface area (Å²) in [5.41, 5.74) is 7.18. The maximum atomic E-state index is 13.0. The number of nitrogen functional groups attached to an aromatic ring is 1. The van der Waals surface area contributed by atoms with Crippen LogP contribution < -0.4 is 11.1 Å². The molecule has 0 aliphatic heterocycles. The fourth-order valence-corrected chi connectivity index (χ4v) is 1.76. The molecule has 2 rings (SSSR count). The summed E-state index contributed by atoms with van der Waals surface area (Å²) in [5.74, 6) is -0.740. The molecule has 0 atom stereocenters. The summed E-state index contributed by atoms with van der Waals surface area (Å²) < 4.78 is 26.2. The fraction of sp³-hybridized carbons (Fsp3) is 0. The van der Waals surface area contributed by atoms with Gasteiger partial charge in [-0.05, 0) is 52.3 Å². The van der Waals surface area contributed by atoms with Crippen molar-refractivity contribution in [1.29, 1.82) is 0 Å². The number of nitrogens with one attached hydrogen (secondary N) is 1. The standard InChI is InChI=1S/C12H9BrF2N2/c13-9-6-8(2-3-10(9)15)17-12-4-1-7(14)5-11(12)16/h1-6,17H,16H2. The first kappa shape index (κ1) is 11.9. The Morgan fingerprint density at radius 2 is 1.82 bits per heavy atom. The van der Waals surface area contributed by atoms with Crippen LogP contribution in [0.2, 0.25) is 0 Å². The molecule has 0 amide bonds. The lowest BCUT2D eigenvalue weighted by atomic mass is 10.2. The molecule has 88 valence electrons. The van der Waals surface area contributed by atoms with E-state index in [0.717, 1.165) is 0 Å². The minimum atomic E-state index is -0.395. The van der Waals surface area contributed by atoms with Crippen LogP contribution in [-0.4, -0.2) is 0 Å². The zero-order chi connectivity index (χ0) is 12.4. The van der Waals surface area contributed by atoms with Crippen LogP contribution >= 0.6 is 15.9 Å². The highest BCUT2D eigenvalue weighted by molar-refractivity contribution is 9.10. The van der Waals surface area contributed by atoms with E-state index in [1.807, 2.05) is 0 Å². The van der Waals surface area contributed by atoms with Gasteiger partial charge in [0, 0.05) is 5.69 Å². The number of hydrogen-bond donors (Lipinski definition) is 2. The molecule has 0 unspecified atom stereocenters. The third-order valence-corrected chi connectivity index (χ3v) is 2.82. The Kier molecular flexibility index (Phi) is 3.28. The Bertz CT molecular complexity index is 558. The van der Waals surface area contributed by atoms with Gasteiger partial charge in [0.2, 0.25) is 0 Å². The predicted molar refractivity (Wildman–Crippen MR) is 68.2 cm³/mol. The first-order valence-electron chi connectivity index (χ1n) is 4.83. The summed E-state index contributed by atoms with van der Waals surface area (Å²) in [6.45, 7) is 0. The summed E-state index contributed by atoms with van der Waals surface area (Å²) in [5, 5.41) is 2.98. The Hall–Kier alpha value is -1.62. The third-order valence-electron chi connectivity index (χ3n) is 2.21. The topological polar surface area (TPSA) is 38.0 Å². The largest absolute Gasteiger partial charge is 0.397 e. The number of rotatable bonds is 2. The highest BCUT2D eigenvalue weighted by atomic mass is 79.9. The van der Waals surface area contributed by atoms with Gasteiger partial charge in [0.05, 0.1) is 15.8 Å². The van der Waals surface area contributed by atoms with Gasteiger partial charge < -0.3 is 11.1 Å². The van der Waals surface area contributed by atoms with Gasteiger partial charge in [0.15, 0.2) is 0 Å². The first-order valence-corrected chi connectivity index (χ1v) is 5.62. The van der Waals surface area contributed by atoms with Crippen molar-refractivity contribution in [3.8, 4) is 0 Å². The average Bonchev–Trinajstić information content (AvgIpc) is 2.27. The SMILES string of the molecule is Nc1cc(F)ccc1Nc1ccc(F)c(Br)c1. The van der Waals surface area contributed by atoms with Gasteiger partial charge in [0.25, 0.3) is 0 Å².